The van der Waals surface area contributed by atoms with Crippen LogP contribution in [0.1, 0.15) is 19.8 Å². The van der Waals surface area contributed by atoms with Crippen molar-refractivity contribution in [2.45, 2.75) is 25.8 Å². The maximum Gasteiger partial charge on any atom is 0.0701 e. The molecule has 0 fully saturated rings. The van der Waals surface area contributed by atoms with Gasteiger partial charge in [0.25, 0.3) is 0 Å². The molecule has 104 valence electrons. The van der Waals surface area contributed by atoms with E-state index in [0.717, 1.165) is 19.4 Å². The molecule has 1 unspecified atom stereocenters. The molecular formula is C12H27NO4. The summed E-state index contributed by atoms with van der Waals surface area (Å²) in [5, 5.41) is 12.2. The summed E-state index contributed by atoms with van der Waals surface area (Å²) in [7, 11) is 1.65. The molecule has 2 N–H and O–H groups in total. The molecule has 5 heteroatoms. The number of hydrogen-bond acceptors (Lipinski definition) is 5. The van der Waals surface area contributed by atoms with Gasteiger partial charge < -0.3 is 24.6 Å². The first kappa shape index (κ1) is 16.8. The Morgan fingerprint density at radius 1 is 1.12 bits per heavy atom. The van der Waals surface area contributed by atoms with Gasteiger partial charge in [0.15, 0.2) is 0 Å². The highest BCUT2D eigenvalue weighted by atomic mass is 16.5. The fourth-order valence-corrected chi connectivity index (χ4v) is 1.34. The number of aliphatic hydroxyl groups excluding tert-OH is 1. The quantitative estimate of drug-likeness (QED) is 0.463. The summed E-state index contributed by atoms with van der Waals surface area (Å²) in [6.07, 6.45) is 1.81. The predicted molar refractivity (Wildman–Crippen MR) is 67.3 cm³/mol. The molecule has 0 saturated heterocycles. The molecule has 17 heavy (non-hydrogen) atoms. The van der Waals surface area contributed by atoms with Crippen LogP contribution >= 0.6 is 0 Å². The predicted octanol–water partition coefficient (Wildman–Crippen LogP) is 0.417. The Balaban J connectivity index is 3.34. The van der Waals surface area contributed by atoms with Crippen LogP contribution in [0.4, 0.5) is 0 Å². The average Bonchev–Trinajstić information content (AvgIpc) is 2.34. The molecule has 0 rings (SSSR count). The van der Waals surface area contributed by atoms with Gasteiger partial charge in [0.2, 0.25) is 0 Å². The molecule has 0 aliphatic carbocycles. The second-order valence-electron chi connectivity index (χ2n) is 3.84. The van der Waals surface area contributed by atoms with Gasteiger partial charge in [-0.1, -0.05) is 6.92 Å². The summed E-state index contributed by atoms with van der Waals surface area (Å²) < 4.78 is 15.6. The van der Waals surface area contributed by atoms with Crippen molar-refractivity contribution in [2.24, 2.45) is 0 Å². The molecule has 0 aromatic heterocycles. The first-order chi connectivity index (χ1) is 8.35. The first-order valence-corrected chi connectivity index (χ1v) is 6.33. The number of rotatable bonds is 13. The maximum absolute atomic E-state index is 8.90. The summed E-state index contributed by atoms with van der Waals surface area (Å²) in [4.78, 5) is 0. The highest BCUT2D eigenvalue weighted by molar-refractivity contribution is 4.64. The molecular weight excluding hydrogens is 222 g/mol. The molecule has 0 bridgehead atoms. The summed E-state index contributed by atoms with van der Waals surface area (Å²) in [5.74, 6) is 0. The van der Waals surface area contributed by atoms with Gasteiger partial charge in [-0.25, -0.2) is 0 Å². The molecule has 0 amide bonds. The fraction of sp³-hybridized carbons (Fsp3) is 1.00. The number of ether oxygens (including phenoxy) is 3. The smallest absolute Gasteiger partial charge is 0.0701 e. The zero-order valence-electron chi connectivity index (χ0n) is 11.1. The lowest BCUT2D eigenvalue weighted by atomic mass is 10.2. The van der Waals surface area contributed by atoms with E-state index >= 15 is 0 Å². The number of hydrogen-bond donors (Lipinski definition) is 2. The van der Waals surface area contributed by atoms with Gasteiger partial charge in [-0.3, -0.25) is 0 Å². The van der Waals surface area contributed by atoms with Crippen LogP contribution < -0.4 is 5.32 Å². The lowest BCUT2D eigenvalue weighted by Gasteiger charge is -2.17. The van der Waals surface area contributed by atoms with Crippen LogP contribution in [-0.4, -0.2) is 64.4 Å². The van der Waals surface area contributed by atoms with Crippen molar-refractivity contribution in [1.82, 2.24) is 5.32 Å². The molecule has 0 aromatic rings. The molecule has 0 aliphatic rings. The molecule has 0 aliphatic heterocycles. The van der Waals surface area contributed by atoms with Crippen molar-refractivity contribution < 1.29 is 19.3 Å². The van der Waals surface area contributed by atoms with Crippen LogP contribution in [0.3, 0.4) is 0 Å². The van der Waals surface area contributed by atoms with E-state index in [-0.39, 0.29) is 12.6 Å². The average molecular weight is 249 g/mol. The molecule has 0 aromatic carbocycles. The van der Waals surface area contributed by atoms with Crippen LogP contribution in [0.5, 0.6) is 0 Å². The lowest BCUT2D eigenvalue weighted by Crippen LogP contribution is -2.35. The van der Waals surface area contributed by atoms with Gasteiger partial charge in [-0.05, 0) is 19.4 Å². The number of aliphatic hydroxyl groups is 1. The fourth-order valence-electron chi connectivity index (χ4n) is 1.34. The van der Waals surface area contributed by atoms with Gasteiger partial charge in [-0.15, -0.1) is 0 Å². The van der Waals surface area contributed by atoms with Crippen molar-refractivity contribution in [3.05, 3.63) is 0 Å². The first-order valence-electron chi connectivity index (χ1n) is 6.33. The summed E-state index contributed by atoms with van der Waals surface area (Å²) in [6.45, 7) is 6.27. The minimum atomic E-state index is 0.190. The minimum Gasteiger partial charge on any atom is -0.396 e. The van der Waals surface area contributed by atoms with Gasteiger partial charge in [0.1, 0.15) is 0 Å². The van der Waals surface area contributed by atoms with E-state index < -0.39 is 0 Å². The van der Waals surface area contributed by atoms with Gasteiger partial charge >= 0.3 is 0 Å². The van der Waals surface area contributed by atoms with E-state index in [9.17, 15) is 0 Å². The van der Waals surface area contributed by atoms with Crippen molar-refractivity contribution in [3.8, 4) is 0 Å². The van der Waals surface area contributed by atoms with E-state index in [2.05, 4.69) is 12.2 Å². The Morgan fingerprint density at radius 3 is 2.47 bits per heavy atom. The number of nitrogens with one attached hydrogen (secondary N) is 1. The third-order valence-electron chi connectivity index (χ3n) is 2.28. The van der Waals surface area contributed by atoms with Crippen molar-refractivity contribution >= 4 is 0 Å². The molecule has 0 spiro atoms. The van der Waals surface area contributed by atoms with Crippen molar-refractivity contribution in [2.75, 3.05) is 53.3 Å². The third-order valence-corrected chi connectivity index (χ3v) is 2.28. The van der Waals surface area contributed by atoms with E-state index in [4.69, 9.17) is 19.3 Å². The summed E-state index contributed by atoms with van der Waals surface area (Å²) in [6, 6.07) is 0.235. The Morgan fingerprint density at radius 2 is 1.82 bits per heavy atom. The highest BCUT2D eigenvalue weighted by Gasteiger charge is 2.06. The van der Waals surface area contributed by atoms with Crippen molar-refractivity contribution in [1.29, 1.82) is 0 Å². The van der Waals surface area contributed by atoms with Gasteiger partial charge in [-0.2, -0.15) is 0 Å². The largest absolute Gasteiger partial charge is 0.396 e. The van der Waals surface area contributed by atoms with Crippen LogP contribution in [0.15, 0.2) is 0 Å². The van der Waals surface area contributed by atoms with E-state index in [1.807, 2.05) is 0 Å². The summed E-state index contributed by atoms with van der Waals surface area (Å²) >= 11 is 0. The zero-order chi connectivity index (χ0) is 12.8. The Hall–Kier alpha value is -0.200. The molecule has 0 saturated carbocycles. The number of methoxy groups -OCH3 is 1. The van der Waals surface area contributed by atoms with E-state index in [1.165, 1.54) is 0 Å². The normalized spacial score (nSPS) is 12.9. The Kier molecular flexibility index (Phi) is 13.7. The Labute approximate surface area is 104 Å². The van der Waals surface area contributed by atoms with Crippen LogP contribution in [0.2, 0.25) is 0 Å². The SMILES string of the molecule is CCCNC(CCO)COCCOCCOC. The Bertz CT molecular complexity index is 146. The van der Waals surface area contributed by atoms with Crippen LogP contribution in [0.25, 0.3) is 0 Å². The minimum absolute atomic E-state index is 0.190. The molecule has 0 radical (unpaired) electrons. The van der Waals surface area contributed by atoms with Crippen LogP contribution in [-0.2, 0) is 14.2 Å². The maximum atomic E-state index is 8.90. The standard InChI is InChI=1S/C12H27NO4/c1-3-5-13-12(4-6-14)11-17-10-9-16-8-7-15-2/h12-14H,3-11H2,1-2H3. The second-order valence-corrected chi connectivity index (χ2v) is 3.84. The summed E-state index contributed by atoms with van der Waals surface area (Å²) in [5.41, 5.74) is 0. The second kappa shape index (κ2) is 13.9. The molecule has 0 heterocycles. The van der Waals surface area contributed by atoms with Crippen LogP contribution in [0, 0.1) is 0 Å². The monoisotopic (exact) mass is 249 g/mol. The van der Waals surface area contributed by atoms with Gasteiger partial charge in [0.05, 0.1) is 33.0 Å². The zero-order valence-corrected chi connectivity index (χ0v) is 11.1. The molecule has 5 nitrogen and oxygen atoms in total. The van der Waals surface area contributed by atoms with Crippen molar-refractivity contribution in [3.63, 3.8) is 0 Å². The highest BCUT2D eigenvalue weighted by Crippen LogP contribution is 1.93. The lowest BCUT2D eigenvalue weighted by molar-refractivity contribution is 0.0178. The molecule has 1 atom stereocenters. The third kappa shape index (κ3) is 12.1. The van der Waals surface area contributed by atoms with E-state index in [0.29, 0.717) is 33.0 Å². The van der Waals surface area contributed by atoms with Gasteiger partial charge in [0, 0.05) is 19.8 Å². The van der Waals surface area contributed by atoms with E-state index in [1.54, 1.807) is 7.11 Å². The topological polar surface area (TPSA) is 60.0 Å².